The summed E-state index contributed by atoms with van der Waals surface area (Å²) in [6, 6.07) is 18.5. The molecule has 0 spiro atoms. The van der Waals surface area contributed by atoms with Crippen LogP contribution in [0.2, 0.25) is 0 Å². The first kappa shape index (κ1) is 20.5. The van der Waals surface area contributed by atoms with Gasteiger partial charge in [0.15, 0.2) is 0 Å². The summed E-state index contributed by atoms with van der Waals surface area (Å²) in [5, 5.41) is 13.4. The van der Waals surface area contributed by atoms with Crippen molar-refractivity contribution in [1.29, 1.82) is 0 Å². The predicted molar refractivity (Wildman–Crippen MR) is 102 cm³/mol. The summed E-state index contributed by atoms with van der Waals surface area (Å²) in [7, 11) is 0. The van der Waals surface area contributed by atoms with Crippen LogP contribution in [0.3, 0.4) is 0 Å². The van der Waals surface area contributed by atoms with Crippen molar-refractivity contribution in [2.24, 2.45) is 0 Å². The predicted octanol–water partition coefficient (Wildman–Crippen LogP) is 4.15. The van der Waals surface area contributed by atoms with Gasteiger partial charge < -0.3 is 15.2 Å². The number of aliphatic hydroxyl groups excluding tert-OH is 1. The summed E-state index contributed by atoms with van der Waals surface area (Å²) in [5.74, 6) is 0.806. The summed E-state index contributed by atoms with van der Waals surface area (Å²) in [6.07, 6.45) is 1.70. The molecule has 0 amide bonds. The number of benzene rings is 2. The summed E-state index contributed by atoms with van der Waals surface area (Å²) < 4.78 is 5.65. The van der Waals surface area contributed by atoms with Crippen LogP contribution in [-0.4, -0.2) is 24.4 Å². The number of nitrogens with one attached hydrogen (secondary N) is 1. The topological polar surface area (TPSA) is 41.5 Å². The third kappa shape index (κ3) is 6.91. The highest BCUT2D eigenvalue weighted by atomic mass is 35.5. The van der Waals surface area contributed by atoms with Crippen molar-refractivity contribution in [1.82, 2.24) is 5.32 Å². The van der Waals surface area contributed by atoms with Crippen LogP contribution in [-0.2, 0) is 6.42 Å². The fraction of sp³-hybridized carbons (Fsp3) is 0.400. The highest BCUT2D eigenvalue weighted by Crippen LogP contribution is 2.14. The number of hydrogen-bond acceptors (Lipinski definition) is 3. The van der Waals surface area contributed by atoms with Crippen molar-refractivity contribution in [3.63, 3.8) is 0 Å². The van der Waals surface area contributed by atoms with Crippen molar-refractivity contribution in [3.8, 4) is 5.75 Å². The lowest BCUT2D eigenvalue weighted by molar-refractivity contribution is 0.104. The largest absolute Gasteiger partial charge is 0.491 e. The standard InChI is InChI=1S/C20H27NO2.ClH/c1-3-7-17-10-12-20(13-11-17)23-15-19(22)14-21-16(2)18-8-5-4-6-9-18;/h4-6,8-13,16,19,21-22H,3,7,14-15H2,1-2H3;1H. The number of hydrogen-bond donors (Lipinski definition) is 2. The van der Waals surface area contributed by atoms with E-state index in [-0.39, 0.29) is 18.4 Å². The lowest BCUT2D eigenvalue weighted by Gasteiger charge is -2.18. The Hall–Kier alpha value is -1.55. The highest BCUT2D eigenvalue weighted by Gasteiger charge is 2.09. The third-order valence-corrected chi connectivity index (χ3v) is 3.86. The molecule has 0 saturated carbocycles. The van der Waals surface area contributed by atoms with E-state index in [2.05, 4.69) is 43.4 Å². The monoisotopic (exact) mass is 349 g/mol. The number of rotatable bonds is 9. The van der Waals surface area contributed by atoms with Gasteiger partial charge in [0.1, 0.15) is 18.5 Å². The van der Waals surface area contributed by atoms with E-state index in [9.17, 15) is 5.11 Å². The zero-order chi connectivity index (χ0) is 16.5. The number of aryl methyl sites for hydroxylation is 1. The van der Waals surface area contributed by atoms with Crippen LogP contribution in [0.5, 0.6) is 5.75 Å². The van der Waals surface area contributed by atoms with Gasteiger partial charge in [0.25, 0.3) is 0 Å². The number of ether oxygens (including phenoxy) is 1. The van der Waals surface area contributed by atoms with Crippen LogP contribution in [0.25, 0.3) is 0 Å². The van der Waals surface area contributed by atoms with Gasteiger partial charge in [0, 0.05) is 12.6 Å². The Bertz CT molecular complexity index is 560. The van der Waals surface area contributed by atoms with Gasteiger partial charge in [-0.1, -0.05) is 55.8 Å². The lowest BCUT2D eigenvalue weighted by atomic mass is 10.1. The van der Waals surface area contributed by atoms with Gasteiger partial charge in [-0.2, -0.15) is 0 Å². The molecule has 0 aliphatic heterocycles. The Morgan fingerprint density at radius 3 is 2.33 bits per heavy atom. The summed E-state index contributed by atoms with van der Waals surface area (Å²) in [5.41, 5.74) is 2.53. The Kier molecular flexibility index (Phi) is 9.46. The molecule has 3 nitrogen and oxygen atoms in total. The van der Waals surface area contributed by atoms with E-state index in [1.807, 2.05) is 30.3 Å². The summed E-state index contributed by atoms with van der Waals surface area (Å²) >= 11 is 0. The lowest BCUT2D eigenvalue weighted by Crippen LogP contribution is -2.33. The van der Waals surface area contributed by atoms with Gasteiger partial charge in [-0.05, 0) is 36.6 Å². The van der Waals surface area contributed by atoms with E-state index in [1.54, 1.807) is 0 Å². The molecular weight excluding hydrogens is 322 g/mol. The molecular formula is C20H28ClNO2. The van der Waals surface area contributed by atoms with E-state index in [4.69, 9.17) is 4.74 Å². The van der Waals surface area contributed by atoms with Gasteiger partial charge in [-0.3, -0.25) is 0 Å². The van der Waals surface area contributed by atoms with Crippen LogP contribution >= 0.6 is 12.4 Å². The maximum atomic E-state index is 10.1. The molecule has 2 atom stereocenters. The van der Waals surface area contributed by atoms with Crippen LogP contribution < -0.4 is 10.1 Å². The van der Waals surface area contributed by atoms with Crippen LogP contribution in [0, 0.1) is 0 Å². The van der Waals surface area contributed by atoms with E-state index in [1.165, 1.54) is 11.1 Å². The van der Waals surface area contributed by atoms with Crippen LogP contribution in [0.15, 0.2) is 54.6 Å². The molecule has 0 radical (unpaired) electrons. The second kappa shape index (κ2) is 11.1. The van der Waals surface area contributed by atoms with E-state index in [0.29, 0.717) is 13.2 Å². The quantitative estimate of drug-likeness (QED) is 0.714. The highest BCUT2D eigenvalue weighted by molar-refractivity contribution is 5.85. The van der Waals surface area contributed by atoms with Crippen LogP contribution in [0.1, 0.15) is 37.4 Å². The van der Waals surface area contributed by atoms with Gasteiger partial charge >= 0.3 is 0 Å². The molecule has 24 heavy (non-hydrogen) atoms. The molecule has 0 heterocycles. The zero-order valence-corrected chi connectivity index (χ0v) is 15.3. The number of halogens is 1. The van der Waals surface area contributed by atoms with Crippen molar-refractivity contribution in [3.05, 3.63) is 65.7 Å². The molecule has 0 saturated heterocycles. The van der Waals surface area contributed by atoms with E-state index in [0.717, 1.165) is 18.6 Å². The minimum absolute atomic E-state index is 0. The first-order valence-electron chi connectivity index (χ1n) is 8.37. The normalized spacial score (nSPS) is 13.0. The molecule has 2 aromatic rings. The molecule has 2 N–H and O–H groups in total. The average Bonchev–Trinajstić information content (AvgIpc) is 2.60. The van der Waals surface area contributed by atoms with Gasteiger partial charge in [-0.25, -0.2) is 0 Å². The Morgan fingerprint density at radius 2 is 1.71 bits per heavy atom. The third-order valence-electron chi connectivity index (χ3n) is 3.86. The zero-order valence-electron chi connectivity index (χ0n) is 14.4. The minimum Gasteiger partial charge on any atom is -0.491 e. The van der Waals surface area contributed by atoms with Crippen molar-refractivity contribution < 1.29 is 9.84 Å². The van der Waals surface area contributed by atoms with Gasteiger partial charge in [-0.15, -0.1) is 12.4 Å². The molecule has 0 aliphatic rings. The first-order valence-corrected chi connectivity index (χ1v) is 8.37. The van der Waals surface area contributed by atoms with E-state index >= 15 is 0 Å². The molecule has 0 aliphatic carbocycles. The first-order chi connectivity index (χ1) is 11.2. The molecule has 2 rings (SSSR count). The molecule has 0 bridgehead atoms. The maximum absolute atomic E-state index is 10.1. The smallest absolute Gasteiger partial charge is 0.119 e. The molecule has 2 unspecified atom stereocenters. The SMILES string of the molecule is CCCc1ccc(OCC(O)CNC(C)c2ccccc2)cc1.Cl. The van der Waals surface area contributed by atoms with Gasteiger partial charge in [0.05, 0.1) is 0 Å². The summed E-state index contributed by atoms with van der Waals surface area (Å²) in [6.45, 7) is 5.06. The second-order valence-corrected chi connectivity index (χ2v) is 5.90. The van der Waals surface area contributed by atoms with Crippen molar-refractivity contribution in [2.75, 3.05) is 13.2 Å². The summed E-state index contributed by atoms with van der Waals surface area (Å²) in [4.78, 5) is 0. The molecule has 0 aromatic heterocycles. The molecule has 2 aromatic carbocycles. The van der Waals surface area contributed by atoms with Gasteiger partial charge in [0.2, 0.25) is 0 Å². The average molecular weight is 350 g/mol. The van der Waals surface area contributed by atoms with Crippen molar-refractivity contribution in [2.45, 2.75) is 38.8 Å². The molecule has 0 fully saturated rings. The van der Waals surface area contributed by atoms with Crippen molar-refractivity contribution >= 4 is 12.4 Å². The Morgan fingerprint density at radius 1 is 1.04 bits per heavy atom. The maximum Gasteiger partial charge on any atom is 0.119 e. The van der Waals surface area contributed by atoms with Crippen LogP contribution in [0.4, 0.5) is 0 Å². The number of aliphatic hydroxyl groups is 1. The fourth-order valence-corrected chi connectivity index (χ4v) is 2.46. The second-order valence-electron chi connectivity index (χ2n) is 5.90. The Balaban J connectivity index is 0.00000288. The van der Waals surface area contributed by atoms with E-state index < -0.39 is 6.10 Å². The molecule has 132 valence electrons. The minimum atomic E-state index is -0.531. The molecule has 4 heteroatoms. The fourth-order valence-electron chi connectivity index (χ4n) is 2.46. The Labute approximate surface area is 151 Å².